The number of hydrogen-bond acceptors (Lipinski definition) is 1. The second kappa shape index (κ2) is 6.12. The first kappa shape index (κ1) is 13.2. The van der Waals surface area contributed by atoms with E-state index in [4.69, 9.17) is 0 Å². The van der Waals surface area contributed by atoms with Crippen molar-refractivity contribution < 1.29 is 4.39 Å². The van der Waals surface area contributed by atoms with E-state index in [-0.39, 0.29) is 5.82 Å². The third-order valence-corrected chi connectivity index (χ3v) is 3.29. The molecule has 0 unspecified atom stereocenters. The Labute approximate surface area is 115 Å². The summed E-state index contributed by atoms with van der Waals surface area (Å²) in [5, 5.41) is 3.33. The number of benzene rings is 2. The molecule has 18 heavy (non-hydrogen) atoms. The normalized spacial score (nSPS) is 10.6. The summed E-state index contributed by atoms with van der Waals surface area (Å²) in [5.41, 5.74) is 3.48. The van der Waals surface area contributed by atoms with Crippen LogP contribution in [-0.4, -0.2) is 0 Å². The molecule has 0 amide bonds. The molecule has 94 valence electrons. The van der Waals surface area contributed by atoms with Gasteiger partial charge in [-0.25, -0.2) is 4.39 Å². The molecule has 1 nitrogen and oxygen atoms in total. The lowest BCUT2D eigenvalue weighted by molar-refractivity contribution is 0.619. The SMILES string of the molecule is Cc1ccccc1CNCc1cc(F)cc(Br)c1. The molecule has 2 aromatic rings. The quantitative estimate of drug-likeness (QED) is 0.893. The van der Waals surface area contributed by atoms with Crippen LogP contribution in [0.1, 0.15) is 16.7 Å². The molecule has 0 aliphatic rings. The Morgan fingerprint density at radius 2 is 1.89 bits per heavy atom. The first-order chi connectivity index (χ1) is 8.65. The van der Waals surface area contributed by atoms with Crippen molar-refractivity contribution >= 4 is 15.9 Å². The van der Waals surface area contributed by atoms with E-state index in [0.717, 1.165) is 16.6 Å². The van der Waals surface area contributed by atoms with E-state index in [9.17, 15) is 4.39 Å². The molecular formula is C15H15BrFN. The van der Waals surface area contributed by atoms with E-state index in [1.807, 2.05) is 18.2 Å². The van der Waals surface area contributed by atoms with Gasteiger partial charge in [0.1, 0.15) is 5.82 Å². The highest BCUT2D eigenvalue weighted by Crippen LogP contribution is 2.15. The molecule has 0 atom stereocenters. The van der Waals surface area contributed by atoms with Gasteiger partial charge in [0.25, 0.3) is 0 Å². The zero-order valence-corrected chi connectivity index (χ0v) is 11.8. The molecule has 2 rings (SSSR count). The second-order valence-corrected chi connectivity index (χ2v) is 5.22. The molecule has 0 saturated heterocycles. The summed E-state index contributed by atoms with van der Waals surface area (Å²) < 4.78 is 14.0. The van der Waals surface area contributed by atoms with Crippen LogP contribution in [0.25, 0.3) is 0 Å². The molecule has 0 aliphatic heterocycles. The lowest BCUT2D eigenvalue weighted by atomic mass is 10.1. The summed E-state index contributed by atoms with van der Waals surface area (Å²) in [4.78, 5) is 0. The highest BCUT2D eigenvalue weighted by Gasteiger charge is 2.00. The molecule has 1 N–H and O–H groups in total. The largest absolute Gasteiger partial charge is 0.309 e. The maximum atomic E-state index is 13.2. The summed E-state index contributed by atoms with van der Waals surface area (Å²) in [5.74, 6) is -0.211. The Bertz CT molecular complexity index is 520. The Morgan fingerprint density at radius 1 is 1.11 bits per heavy atom. The van der Waals surface area contributed by atoms with Crippen molar-refractivity contribution in [3.05, 3.63) is 69.4 Å². The van der Waals surface area contributed by atoms with Gasteiger partial charge in [0.05, 0.1) is 0 Å². The van der Waals surface area contributed by atoms with Crippen LogP contribution < -0.4 is 5.32 Å². The van der Waals surface area contributed by atoms with Crippen LogP contribution in [0.4, 0.5) is 4.39 Å². The highest BCUT2D eigenvalue weighted by atomic mass is 79.9. The van der Waals surface area contributed by atoms with Crippen molar-refractivity contribution in [2.75, 3.05) is 0 Å². The van der Waals surface area contributed by atoms with Gasteiger partial charge < -0.3 is 5.32 Å². The van der Waals surface area contributed by atoms with Gasteiger partial charge in [-0.1, -0.05) is 40.2 Å². The Hall–Kier alpha value is -1.19. The third-order valence-electron chi connectivity index (χ3n) is 2.83. The fraction of sp³-hybridized carbons (Fsp3) is 0.200. The van der Waals surface area contributed by atoms with Gasteiger partial charge in [-0.15, -0.1) is 0 Å². The van der Waals surface area contributed by atoms with Crippen LogP contribution in [0.5, 0.6) is 0 Å². The van der Waals surface area contributed by atoms with E-state index in [1.165, 1.54) is 17.2 Å². The molecular weight excluding hydrogens is 293 g/mol. The Morgan fingerprint density at radius 3 is 2.61 bits per heavy atom. The highest BCUT2D eigenvalue weighted by molar-refractivity contribution is 9.10. The molecule has 0 bridgehead atoms. The smallest absolute Gasteiger partial charge is 0.124 e. The average Bonchev–Trinajstić information content (AvgIpc) is 2.30. The van der Waals surface area contributed by atoms with Gasteiger partial charge >= 0.3 is 0 Å². The minimum atomic E-state index is -0.211. The van der Waals surface area contributed by atoms with Crippen LogP contribution in [0.2, 0.25) is 0 Å². The van der Waals surface area contributed by atoms with E-state index in [1.54, 1.807) is 6.07 Å². The summed E-state index contributed by atoms with van der Waals surface area (Å²) in [7, 11) is 0. The fourth-order valence-electron chi connectivity index (χ4n) is 1.86. The van der Waals surface area contributed by atoms with Crippen molar-refractivity contribution in [1.29, 1.82) is 0 Å². The number of hydrogen-bond donors (Lipinski definition) is 1. The van der Waals surface area contributed by atoms with Crippen molar-refractivity contribution in [3.63, 3.8) is 0 Å². The van der Waals surface area contributed by atoms with Gasteiger partial charge in [0.2, 0.25) is 0 Å². The first-order valence-corrected chi connectivity index (χ1v) is 6.64. The summed E-state index contributed by atoms with van der Waals surface area (Å²) in [6, 6.07) is 13.2. The van der Waals surface area contributed by atoms with Crippen LogP contribution in [0, 0.1) is 12.7 Å². The number of nitrogens with one attached hydrogen (secondary N) is 1. The average molecular weight is 308 g/mol. The van der Waals surface area contributed by atoms with Crippen LogP contribution in [-0.2, 0) is 13.1 Å². The van der Waals surface area contributed by atoms with Crippen molar-refractivity contribution in [3.8, 4) is 0 Å². The summed E-state index contributed by atoms with van der Waals surface area (Å²) >= 11 is 3.29. The number of rotatable bonds is 4. The molecule has 0 radical (unpaired) electrons. The van der Waals surface area contributed by atoms with Gasteiger partial charge in [-0.05, 0) is 41.8 Å². The van der Waals surface area contributed by atoms with E-state index in [2.05, 4.69) is 40.3 Å². The molecule has 0 aliphatic carbocycles. The van der Waals surface area contributed by atoms with E-state index >= 15 is 0 Å². The van der Waals surface area contributed by atoms with Gasteiger partial charge in [-0.2, -0.15) is 0 Å². The minimum Gasteiger partial charge on any atom is -0.309 e. The van der Waals surface area contributed by atoms with Crippen molar-refractivity contribution in [1.82, 2.24) is 5.32 Å². The monoisotopic (exact) mass is 307 g/mol. The zero-order chi connectivity index (χ0) is 13.0. The van der Waals surface area contributed by atoms with E-state index < -0.39 is 0 Å². The predicted molar refractivity (Wildman–Crippen MR) is 75.8 cm³/mol. The lowest BCUT2D eigenvalue weighted by Gasteiger charge is -2.08. The maximum Gasteiger partial charge on any atom is 0.124 e. The van der Waals surface area contributed by atoms with Crippen molar-refractivity contribution in [2.45, 2.75) is 20.0 Å². The fourth-order valence-corrected chi connectivity index (χ4v) is 2.38. The molecule has 0 aromatic heterocycles. The predicted octanol–water partition coefficient (Wildman–Crippen LogP) is 4.19. The summed E-state index contributed by atoms with van der Waals surface area (Å²) in [6.07, 6.45) is 0. The van der Waals surface area contributed by atoms with Crippen LogP contribution in [0.15, 0.2) is 46.9 Å². The topological polar surface area (TPSA) is 12.0 Å². The van der Waals surface area contributed by atoms with Crippen molar-refractivity contribution in [2.24, 2.45) is 0 Å². The molecule has 3 heteroatoms. The number of halogens is 2. The summed E-state index contributed by atoms with van der Waals surface area (Å²) in [6.45, 7) is 3.54. The van der Waals surface area contributed by atoms with Gasteiger partial charge in [0, 0.05) is 17.6 Å². The van der Waals surface area contributed by atoms with Gasteiger partial charge in [0.15, 0.2) is 0 Å². The standard InChI is InChI=1S/C15H15BrFN/c1-11-4-2-3-5-13(11)10-18-9-12-6-14(16)8-15(17)7-12/h2-8,18H,9-10H2,1H3. The molecule has 0 spiro atoms. The Balaban J connectivity index is 1.94. The molecule has 0 fully saturated rings. The van der Waals surface area contributed by atoms with Gasteiger partial charge in [-0.3, -0.25) is 0 Å². The van der Waals surface area contributed by atoms with Crippen LogP contribution >= 0.6 is 15.9 Å². The lowest BCUT2D eigenvalue weighted by Crippen LogP contribution is -2.13. The van der Waals surface area contributed by atoms with E-state index in [0.29, 0.717) is 6.54 Å². The molecule has 2 aromatic carbocycles. The molecule has 0 saturated carbocycles. The molecule has 0 heterocycles. The first-order valence-electron chi connectivity index (χ1n) is 5.85. The Kier molecular flexibility index (Phi) is 4.50. The second-order valence-electron chi connectivity index (χ2n) is 4.31. The third kappa shape index (κ3) is 3.65. The maximum absolute atomic E-state index is 13.2. The zero-order valence-electron chi connectivity index (χ0n) is 10.2. The number of aryl methyl sites for hydroxylation is 1. The minimum absolute atomic E-state index is 0.211. The van der Waals surface area contributed by atoms with Crippen LogP contribution in [0.3, 0.4) is 0 Å².